The van der Waals surface area contributed by atoms with Crippen molar-refractivity contribution < 1.29 is 19.4 Å². The van der Waals surface area contributed by atoms with E-state index in [2.05, 4.69) is 13.8 Å². The lowest BCUT2D eigenvalue weighted by atomic mass is 10.0. The summed E-state index contributed by atoms with van der Waals surface area (Å²) >= 11 is 0. The first-order valence-corrected chi connectivity index (χ1v) is 17.5. The summed E-state index contributed by atoms with van der Waals surface area (Å²) in [5, 5.41) is 10.2. The molecule has 0 saturated heterocycles. The molecule has 0 aliphatic rings. The number of carbonyl (C=O) groups is 1. The minimum atomic E-state index is -0.628. The van der Waals surface area contributed by atoms with Crippen LogP contribution in [0, 0.1) is 0 Å². The predicted molar refractivity (Wildman–Crippen MR) is 168 cm³/mol. The first kappa shape index (κ1) is 38.4. The molecule has 0 aliphatic heterocycles. The Balaban J connectivity index is 3.93. The first-order chi connectivity index (χ1) is 19.1. The lowest BCUT2D eigenvalue weighted by molar-refractivity contribution is -0.143. The molecule has 0 radical (unpaired) electrons. The highest BCUT2D eigenvalue weighted by Crippen LogP contribution is 2.18. The van der Waals surface area contributed by atoms with E-state index in [4.69, 9.17) is 9.47 Å². The third kappa shape index (κ3) is 30.2. The Morgan fingerprint density at radius 1 is 0.538 bits per heavy atom. The molecule has 4 nitrogen and oxygen atoms in total. The molecule has 2 atom stereocenters. The molecule has 234 valence electrons. The number of methoxy groups -OCH3 is 1. The molecular formula is C35H70O4. The quantitative estimate of drug-likeness (QED) is 0.0663. The van der Waals surface area contributed by atoms with Gasteiger partial charge in [-0.25, -0.2) is 0 Å². The van der Waals surface area contributed by atoms with E-state index in [9.17, 15) is 9.90 Å². The standard InChI is InChI=1S/C35H70O4/c1-4-6-8-10-12-14-16-18-20-22-24-26-28-34(30-29-33(36)32-35(37)38-3)39-31-27-25-23-21-19-17-15-13-11-9-7-5-2/h33-34,36H,4-32H2,1-3H3/t33-,34+/m1/s1. The molecule has 0 aromatic rings. The second kappa shape index (κ2) is 31.9. The number of hydrogen-bond donors (Lipinski definition) is 1. The molecule has 0 aromatic heterocycles. The van der Waals surface area contributed by atoms with E-state index in [1.165, 1.54) is 155 Å². The number of rotatable bonds is 32. The average Bonchev–Trinajstić information content (AvgIpc) is 2.94. The van der Waals surface area contributed by atoms with E-state index in [0.717, 1.165) is 25.9 Å². The Bertz CT molecular complexity index is 481. The van der Waals surface area contributed by atoms with Crippen molar-refractivity contribution >= 4 is 5.97 Å². The van der Waals surface area contributed by atoms with Gasteiger partial charge in [0.1, 0.15) is 0 Å². The second-order valence-electron chi connectivity index (χ2n) is 12.1. The number of esters is 1. The molecule has 0 spiro atoms. The molecular weight excluding hydrogens is 484 g/mol. The highest BCUT2D eigenvalue weighted by atomic mass is 16.5. The summed E-state index contributed by atoms with van der Waals surface area (Å²) in [6.45, 7) is 5.39. The Labute approximate surface area is 244 Å². The van der Waals surface area contributed by atoms with Gasteiger partial charge in [-0.2, -0.15) is 0 Å². The van der Waals surface area contributed by atoms with Crippen molar-refractivity contribution in [1.82, 2.24) is 0 Å². The molecule has 0 aliphatic carbocycles. The number of carbonyl (C=O) groups excluding carboxylic acids is 1. The van der Waals surface area contributed by atoms with E-state index in [0.29, 0.717) is 6.42 Å². The van der Waals surface area contributed by atoms with Gasteiger partial charge in [0.25, 0.3) is 0 Å². The van der Waals surface area contributed by atoms with Crippen molar-refractivity contribution in [1.29, 1.82) is 0 Å². The van der Waals surface area contributed by atoms with Crippen molar-refractivity contribution in [3.8, 4) is 0 Å². The Hall–Kier alpha value is -0.610. The summed E-state index contributed by atoms with van der Waals surface area (Å²) in [6, 6.07) is 0. The maximum absolute atomic E-state index is 11.5. The van der Waals surface area contributed by atoms with Gasteiger partial charge in [-0.3, -0.25) is 4.79 Å². The highest BCUT2D eigenvalue weighted by molar-refractivity contribution is 5.69. The number of unbranched alkanes of at least 4 members (excludes halogenated alkanes) is 22. The zero-order valence-corrected chi connectivity index (χ0v) is 26.8. The van der Waals surface area contributed by atoms with Gasteiger partial charge in [-0.1, -0.05) is 162 Å². The lowest BCUT2D eigenvalue weighted by Gasteiger charge is -2.19. The number of aliphatic hydroxyl groups is 1. The van der Waals surface area contributed by atoms with Gasteiger partial charge >= 0.3 is 5.97 Å². The minimum Gasteiger partial charge on any atom is -0.469 e. The van der Waals surface area contributed by atoms with Crippen LogP contribution in [0.2, 0.25) is 0 Å². The molecule has 4 heteroatoms. The van der Waals surface area contributed by atoms with Crippen LogP contribution in [0.4, 0.5) is 0 Å². The maximum Gasteiger partial charge on any atom is 0.308 e. The van der Waals surface area contributed by atoms with E-state index in [1.807, 2.05) is 0 Å². The van der Waals surface area contributed by atoms with Crippen molar-refractivity contribution in [3.05, 3.63) is 0 Å². The zero-order valence-electron chi connectivity index (χ0n) is 26.8. The molecule has 0 rings (SSSR count). The Morgan fingerprint density at radius 2 is 0.923 bits per heavy atom. The monoisotopic (exact) mass is 555 g/mol. The Morgan fingerprint density at radius 3 is 1.33 bits per heavy atom. The maximum atomic E-state index is 11.5. The molecule has 0 heterocycles. The first-order valence-electron chi connectivity index (χ1n) is 17.5. The number of hydrogen-bond acceptors (Lipinski definition) is 4. The van der Waals surface area contributed by atoms with Crippen LogP contribution in [0.1, 0.15) is 194 Å². The zero-order chi connectivity index (χ0) is 28.7. The van der Waals surface area contributed by atoms with Gasteiger partial charge in [0, 0.05) is 6.61 Å². The fraction of sp³-hybridized carbons (Fsp3) is 0.971. The van der Waals surface area contributed by atoms with E-state index >= 15 is 0 Å². The fourth-order valence-corrected chi connectivity index (χ4v) is 5.47. The smallest absolute Gasteiger partial charge is 0.308 e. The Kier molecular flexibility index (Phi) is 31.4. The van der Waals surface area contributed by atoms with Gasteiger partial charge < -0.3 is 14.6 Å². The largest absolute Gasteiger partial charge is 0.469 e. The van der Waals surface area contributed by atoms with E-state index in [1.54, 1.807) is 0 Å². The van der Waals surface area contributed by atoms with Crippen molar-refractivity contribution in [2.24, 2.45) is 0 Å². The minimum absolute atomic E-state index is 0.0839. The van der Waals surface area contributed by atoms with Crippen molar-refractivity contribution in [3.63, 3.8) is 0 Å². The summed E-state index contributed by atoms with van der Waals surface area (Å²) in [5.74, 6) is -0.336. The SMILES string of the molecule is CCCCCCCCCCCCCCO[C@@H](CCCCCCCCCCCCCC)CC[C@@H](O)CC(=O)OC. The normalized spacial score (nSPS) is 13.0. The summed E-state index contributed by atoms with van der Waals surface area (Å²) in [6.07, 6.45) is 34.8. The predicted octanol–water partition coefficient (Wildman–Crippen LogP) is 10.9. The number of ether oxygens (including phenoxy) is 2. The van der Waals surface area contributed by atoms with Crippen LogP contribution in [-0.4, -0.2) is 37.0 Å². The molecule has 0 fully saturated rings. The van der Waals surface area contributed by atoms with Crippen LogP contribution >= 0.6 is 0 Å². The summed E-state index contributed by atoms with van der Waals surface area (Å²) in [5.41, 5.74) is 0. The lowest BCUT2D eigenvalue weighted by Crippen LogP contribution is -2.20. The fourth-order valence-electron chi connectivity index (χ4n) is 5.47. The van der Waals surface area contributed by atoms with Gasteiger partial charge in [0.05, 0.1) is 25.7 Å². The van der Waals surface area contributed by atoms with Gasteiger partial charge in [0.15, 0.2) is 0 Å². The summed E-state index contributed by atoms with van der Waals surface area (Å²) in [4.78, 5) is 11.5. The van der Waals surface area contributed by atoms with Gasteiger partial charge in [-0.05, 0) is 25.7 Å². The molecule has 0 bridgehead atoms. The molecule has 0 saturated carbocycles. The molecule has 0 aromatic carbocycles. The average molecular weight is 555 g/mol. The molecule has 0 amide bonds. The van der Waals surface area contributed by atoms with Crippen molar-refractivity contribution in [2.75, 3.05) is 13.7 Å². The molecule has 39 heavy (non-hydrogen) atoms. The van der Waals surface area contributed by atoms with Crippen LogP contribution < -0.4 is 0 Å². The summed E-state index contributed by atoms with van der Waals surface area (Å²) in [7, 11) is 1.38. The van der Waals surface area contributed by atoms with Crippen LogP contribution in [0.15, 0.2) is 0 Å². The second-order valence-corrected chi connectivity index (χ2v) is 12.1. The third-order valence-electron chi connectivity index (χ3n) is 8.18. The third-order valence-corrected chi connectivity index (χ3v) is 8.18. The van der Waals surface area contributed by atoms with Crippen molar-refractivity contribution in [2.45, 2.75) is 206 Å². The van der Waals surface area contributed by atoms with E-state index in [-0.39, 0.29) is 18.5 Å². The van der Waals surface area contributed by atoms with E-state index < -0.39 is 6.10 Å². The molecule has 0 unspecified atom stereocenters. The topological polar surface area (TPSA) is 55.8 Å². The molecule has 1 N–H and O–H groups in total. The van der Waals surface area contributed by atoms with Crippen LogP contribution in [0.25, 0.3) is 0 Å². The highest BCUT2D eigenvalue weighted by Gasteiger charge is 2.15. The number of aliphatic hydroxyl groups excluding tert-OH is 1. The summed E-state index contributed by atoms with van der Waals surface area (Å²) < 4.78 is 11.0. The van der Waals surface area contributed by atoms with Crippen LogP contribution in [-0.2, 0) is 14.3 Å². The van der Waals surface area contributed by atoms with Crippen LogP contribution in [0.5, 0.6) is 0 Å². The van der Waals surface area contributed by atoms with Crippen LogP contribution in [0.3, 0.4) is 0 Å². The van der Waals surface area contributed by atoms with Gasteiger partial charge in [-0.15, -0.1) is 0 Å². The van der Waals surface area contributed by atoms with Gasteiger partial charge in [0.2, 0.25) is 0 Å².